The monoisotopic (exact) mass is 961 g/mol. The van der Waals surface area contributed by atoms with E-state index in [9.17, 15) is 37.9 Å². The Morgan fingerprint density at radius 1 is 0.500 bits per heavy atom. The Morgan fingerprint density at radius 3 is 1.29 bits per heavy atom. The predicted molar refractivity (Wildman–Crippen MR) is 266 cm³/mol. The first-order valence-corrected chi connectivity index (χ1v) is 28.9. The number of aliphatic hydroxyl groups excluding tert-OH is 3. The average molecular weight is 961 g/mol. The van der Waals surface area contributed by atoms with E-state index in [2.05, 4.69) is 26.0 Å². The van der Waals surface area contributed by atoms with Gasteiger partial charge in [0.15, 0.2) is 12.4 Å². The van der Waals surface area contributed by atoms with Crippen molar-refractivity contribution in [1.82, 2.24) is 0 Å². The maximum atomic E-state index is 12.9. The van der Waals surface area contributed by atoms with Gasteiger partial charge in [-0.15, -0.1) is 0 Å². The first-order chi connectivity index (χ1) is 32.0. The van der Waals surface area contributed by atoms with E-state index < -0.39 is 71.2 Å². The Morgan fingerprint density at radius 2 is 0.864 bits per heavy atom. The molecule has 1 fully saturated rings. The summed E-state index contributed by atoms with van der Waals surface area (Å²) in [4.78, 5) is 25.5. The first kappa shape index (κ1) is 62.4. The van der Waals surface area contributed by atoms with Crippen molar-refractivity contribution in [1.29, 1.82) is 0 Å². The summed E-state index contributed by atoms with van der Waals surface area (Å²) in [5.41, 5.74) is 0. The van der Waals surface area contributed by atoms with E-state index in [0.717, 1.165) is 38.5 Å². The summed E-state index contributed by atoms with van der Waals surface area (Å²) in [5, 5.41) is 31.0. The number of aliphatic hydroxyl groups is 3. The van der Waals surface area contributed by atoms with Gasteiger partial charge in [0.05, 0.1) is 6.61 Å². The number of esters is 2. The summed E-state index contributed by atoms with van der Waals surface area (Å²) < 4.78 is 54.2. The molecular weight excluding hydrogens is 861 g/mol. The maximum absolute atomic E-state index is 12.9. The van der Waals surface area contributed by atoms with Crippen molar-refractivity contribution in [3.05, 3.63) is 12.2 Å². The Balaban J connectivity index is 2.31. The van der Waals surface area contributed by atoms with Gasteiger partial charge >= 0.3 is 11.9 Å². The third-order valence-corrected chi connectivity index (χ3v) is 13.6. The molecule has 0 radical (unpaired) electrons. The molecule has 1 heterocycles. The molecule has 4 N–H and O–H groups in total. The minimum atomic E-state index is -4.60. The van der Waals surface area contributed by atoms with Crippen LogP contribution in [0.1, 0.15) is 258 Å². The van der Waals surface area contributed by atoms with Gasteiger partial charge in [-0.1, -0.05) is 219 Å². The van der Waals surface area contributed by atoms with Crippen LogP contribution in [0, 0.1) is 0 Å². The second-order valence-electron chi connectivity index (χ2n) is 19.3. The SMILES string of the molecule is CCCCCCCCCCC/C=C/CCCCC(=O)O[C@H](COC(=O)CCCCCCCCCCCCCCCCCCCCCCCCC)CO[C@H]1O[C@H](CS(=O)(=O)O)[C@@H](O)C(O)C1O. The van der Waals surface area contributed by atoms with Crippen molar-refractivity contribution < 1.29 is 56.8 Å². The summed E-state index contributed by atoms with van der Waals surface area (Å²) in [5.74, 6) is -1.99. The molecule has 2 unspecified atom stereocenters. The van der Waals surface area contributed by atoms with E-state index in [4.69, 9.17) is 18.9 Å². The summed E-state index contributed by atoms with van der Waals surface area (Å²) in [6.07, 6.45) is 39.8. The third kappa shape index (κ3) is 37.3. The lowest BCUT2D eigenvalue weighted by Crippen LogP contribution is -2.60. The lowest BCUT2D eigenvalue weighted by atomic mass is 10.00. The van der Waals surface area contributed by atoms with Crippen LogP contribution in [0.25, 0.3) is 0 Å². The van der Waals surface area contributed by atoms with Crippen LogP contribution in [-0.4, -0.2) is 96.0 Å². The first-order valence-electron chi connectivity index (χ1n) is 27.2. The molecule has 0 aromatic rings. The fourth-order valence-electron chi connectivity index (χ4n) is 8.62. The highest BCUT2D eigenvalue weighted by molar-refractivity contribution is 7.85. The number of allylic oxidation sites excluding steroid dienone is 2. The zero-order valence-corrected chi connectivity index (χ0v) is 42.9. The highest BCUT2D eigenvalue weighted by Crippen LogP contribution is 2.24. The van der Waals surface area contributed by atoms with Crippen molar-refractivity contribution in [2.45, 2.75) is 295 Å². The van der Waals surface area contributed by atoms with E-state index in [1.807, 2.05) is 0 Å². The Hall–Kier alpha value is -1.61. The van der Waals surface area contributed by atoms with Gasteiger partial charge in [0.25, 0.3) is 10.1 Å². The average Bonchev–Trinajstić information content (AvgIpc) is 3.28. The zero-order valence-electron chi connectivity index (χ0n) is 42.1. The second-order valence-corrected chi connectivity index (χ2v) is 20.8. The summed E-state index contributed by atoms with van der Waals surface area (Å²) >= 11 is 0. The van der Waals surface area contributed by atoms with E-state index in [-0.39, 0.29) is 19.4 Å². The van der Waals surface area contributed by atoms with Gasteiger partial charge in [-0.25, -0.2) is 0 Å². The molecule has 0 aromatic carbocycles. The van der Waals surface area contributed by atoms with Crippen molar-refractivity contribution >= 4 is 22.1 Å². The number of hydrogen-bond acceptors (Lipinski definition) is 11. The third-order valence-electron chi connectivity index (χ3n) is 12.8. The molecule has 6 atom stereocenters. The Bertz CT molecular complexity index is 1260. The lowest BCUT2D eigenvalue weighted by Gasteiger charge is -2.40. The van der Waals surface area contributed by atoms with E-state index in [0.29, 0.717) is 12.8 Å². The maximum Gasteiger partial charge on any atom is 0.306 e. The van der Waals surface area contributed by atoms with Crippen LogP contribution in [0.2, 0.25) is 0 Å². The van der Waals surface area contributed by atoms with Gasteiger partial charge in [-0.2, -0.15) is 8.42 Å². The van der Waals surface area contributed by atoms with Crippen LogP contribution in [-0.2, 0) is 38.7 Å². The summed E-state index contributed by atoms with van der Waals surface area (Å²) in [6.45, 7) is 3.79. The number of hydrogen-bond donors (Lipinski definition) is 4. The van der Waals surface area contributed by atoms with E-state index in [1.165, 1.54) is 180 Å². The fourth-order valence-corrected chi connectivity index (χ4v) is 9.31. The predicted octanol–water partition coefficient (Wildman–Crippen LogP) is 12.6. The van der Waals surface area contributed by atoms with Gasteiger partial charge in [-0.05, 0) is 38.5 Å². The molecule has 1 saturated heterocycles. The van der Waals surface area contributed by atoms with Crippen LogP contribution in [0.5, 0.6) is 0 Å². The summed E-state index contributed by atoms with van der Waals surface area (Å²) in [7, 11) is -4.60. The minimum Gasteiger partial charge on any atom is -0.462 e. The van der Waals surface area contributed by atoms with Gasteiger partial charge in [0, 0.05) is 12.8 Å². The smallest absolute Gasteiger partial charge is 0.306 e. The van der Waals surface area contributed by atoms with Gasteiger partial charge in [0.2, 0.25) is 0 Å². The summed E-state index contributed by atoms with van der Waals surface area (Å²) in [6, 6.07) is 0. The van der Waals surface area contributed by atoms with Crippen molar-refractivity contribution in [2.75, 3.05) is 19.0 Å². The molecule has 390 valence electrons. The standard InChI is InChI=1S/C53H100O12S/c1-3-5-7-9-11-13-15-17-19-20-21-22-23-24-25-26-28-29-31-33-35-37-39-41-48(54)62-43-46(44-63-53-52(58)51(57)50(56)47(65-53)45-66(59,60)61)64-49(55)42-40-38-36-34-32-30-27-18-16-14-12-10-8-6-4-2/h32,34,46-47,50-53,56-58H,3-31,33,35-45H2,1-2H3,(H,59,60,61)/b34-32+/t46-,47-,50-,51?,52?,53+/m1/s1. The number of unbranched alkanes of at least 4 members (excludes halogenated alkanes) is 33. The number of ether oxygens (including phenoxy) is 4. The Labute approximate surface area is 403 Å². The fraction of sp³-hybridized carbons (Fsp3) is 0.925. The largest absolute Gasteiger partial charge is 0.462 e. The van der Waals surface area contributed by atoms with Crippen LogP contribution in [0.3, 0.4) is 0 Å². The molecule has 66 heavy (non-hydrogen) atoms. The lowest BCUT2D eigenvalue weighted by molar-refractivity contribution is -0.297. The van der Waals surface area contributed by atoms with Crippen LogP contribution < -0.4 is 0 Å². The minimum absolute atomic E-state index is 0.139. The zero-order chi connectivity index (χ0) is 48.4. The van der Waals surface area contributed by atoms with E-state index >= 15 is 0 Å². The number of rotatable bonds is 47. The van der Waals surface area contributed by atoms with Crippen molar-refractivity contribution in [3.8, 4) is 0 Å². The highest BCUT2D eigenvalue weighted by atomic mass is 32.2. The molecule has 0 bridgehead atoms. The topological polar surface area (TPSA) is 186 Å². The van der Waals surface area contributed by atoms with Crippen LogP contribution in [0.4, 0.5) is 0 Å². The van der Waals surface area contributed by atoms with Crippen LogP contribution >= 0.6 is 0 Å². The molecule has 0 amide bonds. The molecule has 0 aliphatic carbocycles. The van der Waals surface area contributed by atoms with Gasteiger partial charge in [-0.3, -0.25) is 14.1 Å². The van der Waals surface area contributed by atoms with Crippen molar-refractivity contribution in [2.24, 2.45) is 0 Å². The van der Waals surface area contributed by atoms with E-state index in [1.54, 1.807) is 0 Å². The normalized spacial score (nSPS) is 19.4. The molecule has 12 nitrogen and oxygen atoms in total. The second kappa shape index (κ2) is 43.4. The number of carbonyl (C=O) groups is 2. The molecule has 13 heteroatoms. The quantitative estimate of drug-likeness (QED) is 0.0196. The van der Waals surface area contributed by atoms with Crippen LogP contribution in [0.15, 0.2) is 12.2 Å². The molecule has 1 aliphatic heterocycles. The highest BCUT2D eigenvalue weighted by Gasteiger charge is 2.46. The van der Waals surface area contributed by atoms with Gasteiger partial charge < -0.3 is 34.3 Å². The van der Waals surface area contributed by atoms with Gasteiger partial charge in [0.1, 0.15) is 36.8 Å². The molecule has 0 aromatic heterocycles. The molecular formula is C53H100O12S. The Kier molecular flexibility index (Phi) is 41.0. The van der Waals surface area contributed by atoms with Crippen molar-refractivity contribution in [3.63, 3.8) is 0 Å². The molecule has 0 saturated carbocycles. The number of carbonyl (C=O) groups excluding carboxylic acids is 2. The molecule has 1 aliphatic rings. The molecule has 1 rings (SSSR count). The molecule has 0 spiro atoms.